The Kier molecular flexibility index (Phi) is 7.14. The zero-order valence-corrected chi connectivity index (χ0v) is 25.3. The summed E-state index contributed by atoms with van der Waals surface area (Å²) in [6.45, 7) is 0. The van der Waals surface area contributed by atoms with Gasteiger partial charge in [0.15, 0.2) is 5.82 Å². The standard InChI is InChI=1S/C42H28N2S/c1-3-14-31(15-4-1)38-28-39(32-16-5-2-6-17-32)44-42(43-38)33-26-25-30-24-23-29-13-7-8-18-34(29)35-19-9-11-21-40(35)45-41-22-12-10-20-36(41)37(30)27-33/h1-28H. The maximum absolute atomic E-state index is 5.12. The second-order valence-corrected chi connectivity index (χ2v) is 12.1. The van der Waals surface area contributed by atoms with E-state index in [0.717, 1.165) is 39.2 Å². The highest BCUT2D eigenvalue weighted by molar-refractivity contribution is 7.99. The Morgan fingerprint density at radius 2 is 0.844 bits per heavy atom. The van der Waals surface area contributed by atoms with Crippen LogP contribution in [0.3, 0.4) is 0 Å². The zero-order valence-electron chi connectivity index (χ0n) is 24.5. The molecule has 0 atom stereocenters. The molecule has 1 aliphatic heterocycles. The summed E-state index contributed by atoms with van der Waals surface area (Å²) in [7, 11) is 0. The lowest BCUT2D eigenvalue weighted by atomic mass is 9.94. The van der Waals surface area contributed by atoms with Gasteiger partial charge in [0.05, 0.1) is 11.4 Å². The molecule has 6 aromatic carbocycles. The summed E-state index contributed by atoms with van der Waals surface area (Å²) < 4.78 is 0. The largest absolute Gasteiger partial charge is 0.228 e. The maximum Gasteiger partial charge on any atom is 0.160 e. The molecule has 3 heteroatoms. The minimum absolute atomic E-state index is 0.706. The van der Waals surface area contributed by atoms with E-state index in [1.54, 1.807) is 0 Å². The van der Waals surface area contributed by atoms with E-state index in [0.29, 0.717) is 5.82 Å². The fourth-order valence-corrected chi connectivity index (χ4v) is 7.01. The Bertz CT molecular complexity index is 2130. The molecule has 45 heavy (non-hydrogen) atoms. The van der Waals surface area contributed by atoms with Crippen LogP contribution in [0.15, 0.2) is 168 Å². The predicted molar refractivity (Wildman–Crippen MR) is 189 cm³/mol. The van der Waals surface area contributed by atoms with E-state index in [-0.39, 0.29) is 0 Å². The first-order valence-corrected chi connectivity index (χ1v) is 15.9. The second kappa shape index (κ2) is 11.9. The van der Waals surface area contributed by atoms with Gasteiger partial charge < -0.3 is 0 Å². The molecule has 7 aromatic rings. The number of fused-ring (bicyclic) bond motifs is 6. The number of aromatic nitrogens is 2. The Balaban J connectivity index is 1.34. The Morgan fingerprint density at radius 1 is 0.356 bits per heavy atom. The molecule has 1 aromatic heterocycles. The van der Waals surface area contributed by atoms with E-state index in [4.69, 9.17) is 9.97 Å². The van der Waals surface area contributed by atoms with Crippen LogP contribution in [0.25, 0.3) is 68.3 Å². The minimum Gasteiger partial charge on any atom is -0.228 e. The monoisotopic (exact) mass is 592 g/mol. The van der Waals surface area contributed by atoms with E-state index >= 15 is 0 Å². The third-order valence-electron chi connectivity index (χ3n) is 8.15. The SMILES string of the molecule is C1=Cc2ccc(-c3nc(-c4ccccc4)cc(-c4ccccc4)n3)cc2-c2ccccc2Sc2ccccc2-c2ccccc21. The Morgan fingerprint density at radius 3 is 1.47 bits per heavy atom. The highest BCUT2D eigenvalue weighted by Gasteiger charge is 2.17. The summed E-state index contributed by atoms with van der Waals surface area (Å²) in [6, 6.07) is 55.4. The topological polar surface area (TPSA) is 25.8 Å². The van der Waals surface area contributed by atoms with Gasteiger partial charge in [0, 0.05) is 26.5 Å². The van der Waals surface area contributed by atoms with Gasteiger partial charge in [-0.2, -0.15) is 0 Å². The quantitative estimate of drug-likeness (QED) is 0.204. The van der Waals surface area contributed by atoms with Gasteiger partial charge in [-0.15, -0.1) is 0 Å². The summed E-state index contributed by atoms with van der Waals surface area (Å²) in [4.78, 5) is 12.7. The van der Waals surface area contributed by atoms with Crippen molar-refractivity contribution in [2.24, 2.45) is 0 Å². The molecule has 0 amide bonds. The highest BCUT2D eigenvalue weighted by Crippen LogP contribution is 2.44. The van der Waals surface area contributed by atoms with Crippen LogP contribution in [0, 0.1) is 0 Å². The third-order valence-corrected chi connectivity index (χ3v) is 9.31. The fourth-order valence-electron chi connectivity index (χ4n) is 5.91. The summed E-state index contributed by atoms with van der Waals surface area (Å²) in [5.74, 6) is 0.706. The lowest BCUT2D eigenvalue weighted by molar-refractivity contribution is 1.18. The van der Waals surface area contributed by atoms with Crippen LogP contribution in [0.1, 0.15) is 11.1 Å². The van der Waals surface area contributed by atoms with Crippen molar-refractivity contribution in [1.82, 2.24) is 9.97 Å². The van der Waals surface area contributed by atoms with E-state index in [1.807, 2.05) is 23.9 Å². The number of rotatable bonds is 3. The van der Waals surface area contributed by atoms with E-state index in [2.05, 4.69) is 158 Å². The van der Waals surface area contributed by atoms with Crippen LogP contribution < -0.4 is 0 Å². The molecule has 1 aliphatic rings. The highest BCUT2D eigenvalue weighted by atomic mass is 32.2. The average Bonchev–Trinajstić information content (AvgIpc) is 3.14. The number of nitrogens with zero attached hydrogens (tertiary/aromatic N) is 2. The summed E-state index contributed by atoms with van der Waals surface area (Å²) in [6.07, 6.45) is 4.48. The van der Waals surface area contributed by atoms with Crippen molar-refractivity contribution in [2.45, 2.75) is 9.79 Å². The first-order chi connectivity index (χ1) is 22.3. The molecule has 0 saturated heterocycles. The molecule has 0 radical (unpaired) electrons. The van der Waals surface area contributed by atoms with Crippen molar-refractivity contribution in [3.8, 4) is 56.2 Å². The summed E-state index contributed by atoms with van der Waals surface area (Å²) in [5.41, 5.74) is 12.1. The normalized spacial score (nSPS) is 11.8. The van der Waals surface area contributed by atoms with Gasteiger partial charge >= 0.3 is 0 Å². The van der Waals surface area contributed by atoms with Crippen molar-refractivity contribution in [2.75, 3.05) is 0 Å². The fraction of sp³-hybridized carbons (Fsp3) is 0. The zero-order chi connectivity index (χ0) is 30.0. The molecule has 0 bridgehead atoms. The van der Waals surface area contributed by atoms with Crippen LogP contribution >= 0.6 is 11.8 Å². The van der Waals surface area contributed by atoms with Gasteiger partial charge in [0.2, 0.25) is 0 Å². The van der Waals surface area contributed by atoms with E-state index in [1.165, 1.54) is 32.0 Å². The molecular formula is C42H28N2S. The second-order valence-electron chi connectivity index (χ2n) is 11.0. The molecule has 2 nitrogen and oxygen atoms in total. The lowest BCUT2D eigenvalue weighted by Crippen LogP contribution is -1.97. The smallest absolute Gasteiger partial charge is 0.160 e. The van der Waals surface area contributed by atoms with Crippen LogP contribution in [0.5, 0.6) is 0 Å². The molecule has 2 heterocycles. The lowest BCUT2D eigenvalue weighted by Gasteiger charge is -2.15. The van der Waals surface area contributed by atoms with Gasteiger partial charge in [-0.1, -0.05) is 157 Å². The first kappa shape index (κ1) is 27.1. The summed E-state index contributed by atoms with van der Waals surface area (Å²) >= 11 is 1.82. The van der Waals surface area contributed by atoms with Crippen LogP contribution in [-0.4, -0.2) is 9.97 Å². The molecule has 0 unspecified atom stereocenters. The summed E-state index contributed by atoms with van der Waals surface area (Å²) in [5, 5.41) is 0. The van der Waals surface area contributed by atoms with Gasteiger partial charge in [-0.05, 0) is 57.6 Å². The van der Waals surface area contributed by atoms with Crippen molar-refractivity contribution in [1.29, 1.82) is 0 Å². The van der Waals surface area contributed by atoms with Crippen molar-refractivity contribution < 1.29 is 0 Å². The van der Waals surface area contributed by atoms with Gasteiger partial charge in [0.1, 0.15) is 0 Å². The minimum atomic E-state index is 0.706. The third kappa shape index (κ3) is 5.39. The maximum atomic E-state index is 5.12. The molecule has 0 spiro atoms. The van der Waals surface area contributed by atoms with Crippen molar-refractivity contribution in [3.63, 3.8) is 0 Å². The molecule has 8 rings (SSSR count). The Hall–Kier alpha value is -5.51. The molecular weight excluding hydrogens is 565 g/mol. The molecule has 212 valence electrons. The van der Waals surface area contributed by atoms with Crippen molar-refractivity contribution in [3.05, 3.63) is 169 Å². The number of hydrogen-bond acceptors (Lipinski definition) is 3. The van der Waals surface area contributed by atoms with Crippen LogP contribution in [0.4, 0.5) is 0 Å². The molecule has 0 aliphatic carbocycles. The van der Waals surface area contributed by atoms with Gasteiger partial charge in [-0.25, -0.2) is 9.97 Å². The van der Waals surface area contributed by atoms with Gasteiger partial charge in [0.25, 0.3) is 0 Å². The van der Waals surface area contributed by atoms with Gasteiger partial charge in [-0.3, -0.25) is 0 Å². The average molecular weight is 593 g/mol. The molecule has 0 fully saturated rings. The van der Waals surface area contributed by atoms with E-state index in [9.17, 15) is 0 Å². The first-order valence-electron chi connectivity index (χ1n) is 15.1. The number of hydrogen-bond donors (Lipinski definition) is 0. The number of benzene rings is 6. The van der Waals surface area contributed by atoms with Crippen LogP contribution in [-0.2, 0) is 0 Å². The van der Waals surface area contributed by atoms with E-state index < -0.39 is 0 Å². The Labute approximate surface area is 267 Å². The predicted octanol–water partition coefficient (Wildman–Crippen LogP) is 11.4. The molecule has 0 N–H and O–H groups in total. The van der Waals surface area contributed by atoms with Crippen LogP contribution in [0.2, 0.25) is 0 Å². The molecule has 0 saturated carbocycles. The van der Waals surface area contributed by atoms with Crippen molar-refractivity contribution >= 4 is 23.9 Å².